The molecule has 0 radical (unpaired) electrons. The first kappa shape index (κ1) is 22.2. The van der Waals surface area contributed by atoms with E-state index in [4.69, 9.17) is 18.9 Å². The number of esters is 2. The van der Waals surface area contributed by atoms with E-state index in [1.54, 1.807) is 19.2 Å². The molecular weight excluding hydrogens is 478 g/mol. The van der Waals surface area contributed by atoms with Crippen LogP contribution in [0.5, 0.6) is 11.5 Å². The number of cyclic esters (lactones) is 2. The first-order valence-electron chi connectivity index (χ1n) is 10.3. The summed E-state index contributed by atoms with van der Waals surface area (Å²) in [5, 5.41) is 0.891. The smallest absolute Gasteiger partial charge is 0.324 e. The third-order valence-corrected chi connectivity index (χ3v) is 6.09. The lowest BCUT2D eigenvalue weighted by atomic mass is 9.79. The molecule has 1 saturated heterocycles. The number of rotatable bonds is 6. The van der Waals surface area contributed by atoms with Crippen LogP contribution in [-0.4, -0.2) is 36.4 Å². The molecule has 168 valence electrons. The Bertz CT molecular complexity index is 1160. The van der Waals surface area contributed by atoms with Crippen LogP contribution in [0.1, 0.15) is 37.8 Å². The van der Waals surface area contributed by atoms with Gasteiger partial charge < -0.3 is 23.9 Å². The Morgan fingerprint density at radius 2 is 1.78 bits per heavy atom. The number of fused-ring (bicyclic) bond motifs is 1. The summed E-state index contributed by atoms with van der Waals surface area (Å²) in [6, 6.07) is 11.3. The Balaban J connectivity index is 1.93. The predicted molar refractivity (Wildman–Crippen MR) is 122 cm³/mol. The van der Waals surface area contributed by atoms with Crippen LogP contribution in [-0.2, 0) is 19.1 Å². The number of aromatic amines is 1. The number of ether oxygens (including phenoxy) is 4. The van der Waals surface area contributed by atoms with Crippen LogP contribution >= 0.6 is 15.9 Å². The molecule has 2 aromatic carbocycles. The molecule has 3 aromatic rings. The Morgan fingerprint density at radius 1 is 1.09 bits per heavy atom. The lowest BCUT2D eigenvalue weighted by molar-refractivity contribution is -0.240. The fourth-order valence-electron chi connectivity index (χ4n) is 4.10. The van der Waals surface area contributed by atoms with Gasteiger partial charge in [0.25, 0.3) is 5.79 Å². The highest BCUT2D eigenvalue weighted by molar-refractivity contribution is 9.10. The van der Waals surface area contributed by atoms with E-state index in [9.17, 15) is 9.59 Å². The van der Waals surface area contributed by atoms with Crippen LogP contribution in [0.25, 0.3) is 10.9 Å². The fourth-order valence-corrected chi connectivity index (χ4v) is 4.66. The summed E-state index contributed by atoms with van der Waals surface area (Å²) < 4.78 is 22.8. The summed E-state index contributed by atoms with van der Waals surface area (Å²) in [6.07, 6.45) is 1.81. The van der Waals surface area contributed by atoms with Crippen LogP contribution in [0.15, 0.2) is 47.1 Å². The monoisotopic (exact) mass is 501 g/mol. The topological polar surface area (TPSA) is 86.9 Å². The Labute approximate surface area is 194 Å². The number of H-pyrrole nitrogens is 1. The van der Waals surface area contributed by atoms with Crippen molar-refractivity contribution in [1.29, 1.82) is 0 Å². The van der Waals surface area contributed by atoms with Gasteiger partial charge in [-0.05, 0) is 36.2 Å². The van der Waals surface area contributed by atoms with Crippen LogP contribution in [0, 0.1) is 5.92 Å². The molecule has 4 rings (SSSR count). The minimum atomic E-state index is -1.32. The number of nitrogens with one attached hydrogen (secondary N) is 1. The van der Waals surface area contributed by atoms with Gasteiger partial charge in [0.1, 0.15) is 0 Å². The Kier molecular flexibility index (Phi) is 5.90. The van der Waals surface area contributed by atoms with Crippen molar-refractivity contribution in [3.63, 3.8) is 0 Å². The Hall–Kier alpha value is -3.00. The summed E-state index contributed by atoms with van der Waals surface area (Å²) in [4.78, 5) is 29.4. The zero-order valence-corrected chi connectivity index (χ0v) is 19.8. The summed E-state index contributed by atoms with van der Waals surface area (Å²) in [6.45, 7) is 5.42. The van der Waals surface area contributed by atoms with E-state index in [1.807, 2.05) is 37.4 Å². The SMILES string of the molecule is CCOc1cc(Br)c([C@H](c2c[nH]c3ccccc23)C2C(=O)OC(C)(C)OC2=O)cc1OC. The molecule has 1 N–H and O–H groups in total. The second-order valence-corrected chi connectivity index (χ2v) is 8.80. The highest BCUT2D eigenvalue weighted by Crippen LogP contribution is 2.46. The summed E-state index contributed by atoms with van der Waals surface area (Å²) >= 11 is 3.61. The van der Waals surface area contributed by atoms with Crippen molar-refractivity contribution in [1.82, 2.24) is 4.98 Å². The van der Waals surface area contributed by atoms with Gasteiger partial charge in [0.2, 0.25) is 0 Å². The lowest BCUT2D eigenvalue weighted by Crippen LogP contribution is -2.48. The van der Waals surface area contributed by atoms with E-state index in [-0.39, 0.29) is 0 Å². The summed E-state index contributed by atoms with van der Waals surface area (Å²) in [7, 11) is 1.54. The molecule has 1 atom stereocenters. The van der Waals surface area contributed by atoms with Gasteiger partial charge in [-0.3, -0.25) is 9.59 Å². The molecule has 1 aliphatic rings. The van der Waals surface area contributed by atoms with Gasteiger partial charge in [0, 0.05) is 41.3 Å². The molecule has 0 aliphatic carbocycles. The Morgan fingerprint density at radius 3 is 2.44 bits per heavy atom. The fraction of sp³-hybridized carbons (Fsp3) is 0.333. The molecule has 0 saturated carbocycles. The third-order valence-electron chi connectivity index (χ3n) is 5.41. The van der Waals surface area contributed by atoms with E-state index in [2.05, 4.69) is 20.9 Å². The lowest BCUT2D eigenvalue weighted by Gasteiger charge is -2.36. The molecule has 2 heterocycles. The molecule has 1 aromatic heterocycles. The van der Waals surface area contributed by atoms with Gasteiger partial charge in [0.15, 0.2) is 17.4 Å². The van der Waals surface area contributed by atoms with E-state index in [0.29, 0.717) is 28.1 Å². The van der Waals surface area contributed by atoms with Crippen molar-refractivity contribution in [3.05, 3.63) is 58.2 Å². The molecule has 7 nitrogen and oxygen atoms in total. The number of aromatic nitrogens is 1. The molecule has 1 aliphatic heterocycles. The molecule has 0 unspecified atom stereocenters. The second-order valence-electron chi connectivity index (χ2n) is 7.94. The van der Waals surface area contributed by atoms with Gasteiger partial charge in [-0.2, -0.15) is 0 Å². The zero-order chi connectivity index (χ0) is 23.0. The van der Waals surface area contributed by atoms with Crippen LogP contribution < -0.4 is 9.47 Å². The highest BCUT2D eigenvalue weighted by Gasteiger charge is 2.49. The quantitative estimate of drug-likeness (QED) is 0.380. The molecular formula is C24H24BrNO6. The molecule has 0 spiro atoms. The third kappa shape index (κ3) is 3.95. The summed E-state index contributed by atoms with van der Waals surface area (Å²) in [5.74, 6) is -3.43. The van der Waals surface area contributed by atoms with E-state index >= 15 is 0 Å². The van der Waals surface area contributed by atoms with Gasteiger partial charge >= 0.3 is 11.9 Å². The summed E-state index contributed by atoms with van der Waals surface area (Å²) in [5.41, 5.74) is 2.33. The average molecular weight is 502 g/mol. The minimum Gasteiger partial charge on any atom is -0.493 e. The maximum absolute atomic E-state index is 13.1. The van der Waals surface area contributed by atoms with Crippen molar-refractivity contribution in [3.8, 4) is 11.5 Å². The van der Waals surface area contributed by atoms with Crippen LogP contribution in [0.4, 0.5) is 0 Å². The number of para-hydroxylation sites is 1. The van der Waals surface area contributed by atoms with Crippen molar-refractivity contribution in [2.75, 3.05) is 13.7 Å². The first-order chi connectivity index (χ1) is 15.3. The van der Waals surface area contributed by atoms with E-state index in [0.717, 1.165) is 16.5 Å². The van der Waals surface area contributed by atoms with Crippen molar-refractivity contribution in [2.24, 2.45) is 5.92 Å². The van der Waals surface area contributed by atoms with Gasteiger partial charge in [-0.1, -0.05) is 34.1 Å². The van der Waals surface area contributed by atoms with Crippen molar-refractivity contribution in [2.45, 2.75) is 32.5 Å². The molecule has 0 bridgehead atoms. The van der Waals surface area contributed by atoms with Crippen LogP contribution in [0.3, 0.4) is 0 Å². The van der Waals surface area contributed by atoms with Crippen molar-refractivity contribution >= 4 is 38.8 Å². The minimum absolute atomic E-state index is 0.463. The number of benzene rings is 2. The number of halogens is 1. The number of hydrogen-bond acceptors (Lipinski definition) is 6. The number of carbonyl (C=O) groups excluding carboxylic acids is 2. The van der Waals surface area contributed by atoms with Crippen LogP contribution in [0.2, 0.25) is 0 Å². The van der Waals surface area contributed by atoms with E-state index in [1.165, 1.54) is 13.8 Å². The molecule has 0 amide bonds. The van der Waals surface area contributed by atoms with Crippen molar-refractivity contribution < 1.29 is 28.5 Å². The normalized spacial score (nSPS) is 17.0. The maximum Gasteiger partial charge on any atom is 0.324 e. The standard InChI is InChI=1S/C24H24BrNO6/c1-5-30-19-11-16(25)14(10-18(19)29-4)20(15-12-26-17-9-7-6-8-13(15)17)21-22(27)31-24(2,3)32-23(21)28/h6-12,20-21,26H,5H2,1-4H3/t20-/m1/s1. The van der Waals surface area contributed by atoms with Gasteiger partial charge in [-0.15, -0.1) is 0 Å². The number of methoxy groups -OCH3 is 1. The first-order valence-corrected chi connectivity index (χ1v) is 11.1. The molecule has 8 heteroatoms. The number of carbonyl (C=O) groups is 2. The van der Waals surface area contributed by atoms with Gasteiger partial charge in [-0.25, -0.2) is 0 Å². The average Bonchev–Trinajstić information content (AvgIpc) is 3.15. The van der Waals surface area contributed by atoms with Gasteiger partial charge in [0.05, 0.1) is 13.7 Å². The number of hydrogen-bond donors (Lipinski definition) is 1. The zero-order valence-electron chi connectivity index (χ0n) is 18.2. The molecule has 1 fully saturated rings. The second kappa shape index (κ2) is 8.50. The predicted octanol–water partition coefficient (Wildman–Crippen LogP) is 4.92. The highest BCUT2D eigenvalue weighted by atomic mass is 79.9. The van der Waals surface area contributed by atoms with E-state index < -0.39 is 29.6 Å². The molecule has 32 heavy (non-hydrogen) atoms. The largest absolute Gasteiger partial charge is 0.493 e. The maximum atomic E-state index is 13.1.